The van der Waals surface area contributed by atoms with E-state index in [1.54, 1.807) is 30.3 Å². The van der Waals surface area contributed by atoms with Crippen molar-refractivity contribution in [2.24, 2.45) is 0 Å². The number of imide groups is 1. The van der Waals surface area contributed by atoms with Gasteiger partial charge in [-0.3, -0.25) is 19.3 Å². The monoisotopic (exact) mass is 652 g/mol. The molecule has 0 aliphatic carbocycles. The molecule has 3 amide bonds. The Morgan fingerprint density at radius 3 is 2.33 bits per heavy atom. The third-order valence-electron chi connectivity index (χ3n) is 4.92. The predicted molar refractivity (Wildman–Crippen MR) is 145 cm³/mol. The first kappa shape index (κ1) is 26.4. The lowest BCUT2D eigenvalue weighted by molar-refractivity contribution is -0.127. The molecule has 0 atom stereocenters. The van der Waals surface area contributed by atoms with Crippen molar-refractivity contribution in [3.05, 3.63) is 96.5 Å². The van der Waals surface area contributed by atoms with Gasteiger partial charge in [-0.25, -0.2) is 4.39 Å². The average molecular weight is 655 g/mol. The predicted octanol–water partition coefficient (Wildman–Crippen LogP) is 7.26. The van der Waals surface area contributed by atoms with Gasteiger partial charge in [0.05, 0.1) is 13.9 Å². The molecule has 3 aromatic carbocycles. The number of nitrogens with zero attached hydrogens (tertiary/aromatic N) is 1. The third kappa shape index (κ3) is 6.56. The molecule has 1 heterocycles. The summed E-state index contributed by atoms with van der Waals surface area (Å²) in [6.07, 6.45) is 1.57. The number of hydrogen-bond donors (Lipinski definition) is 1. The van der Waals surface area contributed by atoms with Crippen LogP contribution in [0.5, 0.6) is 5.75 Å². The summed E-state index contributed by atoms with van der Waals surface area (Å²) in [5, 5.41) is 2.62. The van der Waals surface area contributed by atoms with Gasteiger partial charge in [0.25, 0.3) is 11.1 Å². The summed E-state index contributed by atoms with van der Waals surface area (Å²) in [5.74, 6) is -1.01. The van der Waals surface area contributed by atoms with Crippen LogP contribution < -0.4 is 10.1 Å². The number of hydrogen-bond acceptors (Lipinski definition) is 5. The van der Waals surface area contributed by atoms with Crippen molar-refractivity contribution >= 4 is 84.0 Å². The second kappa shape index (κ2) is 11.6. The smallest absolute Gasteiger partial charge is 0.294 e. The molecular formula is C25H16Br2ClFN2O4S. The van der Waals surface area contributed by atoms with Gasteiger partial charge in [0.1, 0.15) is 24.7 Å². The van der Waals surface area contributed by atoms with E-state index in [0.717, 1.165) is 22.2 Å². The SMILES string of the molecule is O=C(CN1C(=O)S/C(=C\c2cc(Br)c(OCc3ccc(Cl)cc3)c(Br)c2)C1=O)Nc1ccc(F)cc1. The molecule has 0 spiro atoms. The molecule has 0 unspecified atom stereocenters. The molecule has 3 aromatic rings. The van der Waals surface area contributed by atoms with Crippen molar-refractivity contribution in [2.75, 3.05) is 11.9 Å². The normalized spacial score (nSPS) is 14.4. The number of carbonyl (C=O) groups excluding carboxylic acids is 3. The van der Waals surface area contributed by atoms with E-state index in [1.165, 1.54) is 24.3 Å². The number of nitrogens with one attached hydrogen (secondary N) is 1. The van der Waals surface area contributed by atoms with E-state index in [2.05, 4.69) is 37.2 Å². The quantitative estimate of drug-likeness (QED) is 0.272. The van der Waals surface area contributed by atoms with Crippen molar-refractivity contribution < 1.29 is 23.5 Å². The van der Waals surface area contributed by atoms with Crippen LogP contribution in [0.15, 0.2) is 74.5 Å². The molecule has 184 valence electrons. The molecule has 0 saturated carbocycles. The van der Waals surface area contributed by atoms with E-state index in [9.17, 15) is 18.8 Å². The van der Waals surface area contributed by atoms with E-state index in [4.69, 9.17) is 16.3 Å². The van der Waals surface area contributed by atoms with Crippen LogP contribution >= 0.6 is 55.2 Å². The van der Waals surface area contributed by atoms with E-state index in [-0.39, 0.29) is 4.91 Å². The van der Waals surface area contributed by atoms with Crippen LogP contribution in [0.3, 0.4) is 0 Å². The van der Waals surface area contributed by atoms with E-state index < -0.39 is 29.4 Å². The number of anilines is 1. The molecule has 1 fully saturated rings. The molecule has 1 aliphatic rings. The summed E-state index contributed by atoms with van der Waals surface area (Å²) in [7, 11) is 0. The highest BCUT2D eigenvalue weighted by molar-refractivity contribution is 9.11. The van der Waals surface area contributed by atoms with Crippen LogP contribution in [0, 0.1) is 5.82 Å². The Kier molecular flexibility index (Phi) is 8.50. The zero-order valence-corrected chi connectivity index (χ0v) is 23.0. The van der Waals surface area contributed by atoms with Crippen LogP contribution in [0.25, 0.3) is 6.08 Å². The molecule has 0 radical (unpaired) electrons. The number of halogens is 4. The van der Waals surface area contributed by atoms with Gasteiger partial charge >= 0.3 is 0 Å². The Labute approximate surface area is 232 Å². The summed E-state index contributed by atoms with van der Waals surface area (Å²) < 4.78 is 20.2. The molecule has 6 nitrogen and oxygen atoms in total. The maximum atomic E-state index is 13.0. The van der Waals surface area contributed by atoms with E-state index >= 15 is 0 Å². The first-order valence-corrected chi connectivity index (χ1v) is 13.1. The summed E-state index contributed by atoms with van der Waals surface area (Å²) >= 11 is 13.6. The minimum Gasteiger partial charge on any atom is -0.487 e. The maximum Gasteiger partial charge on any atom is 0.294 e. The minimum absolute atomic E-state index is 0.184. The summed E-state index contributed by atoms with van der Waals surface area (Å²) in [5.41, 5.74) is 1.95. The fourth-order valence-corrected chi connectivity index (χ4v) is 5.62. The zero-order chi connectivity index (χ0) is 25.8. The van der Waals surface area contributed by atoms with Gasteiger partial charge in [-0.15, -0.1) is 0 Å². The zero-order valence-electron chi connectivity index (χ0n) is 18.3. The van der Waals surface area contributed by atoms with Gasteiger partial charge in [-0.2, -0.15) is 0 Å². The van der Waals surface area contributed by atoms with Crippen molar-refractivity contribution in [1.82, 2.24) is 4.90 Å². The molecule has 4 rings (SSSR count). The molecule has 1 aliphatic heterocycles. The number of thioether (sulfide) groups is 1. The number of rotatable bonds is 7. The Hall–Kier alpha value is -2.66. The second-order valence-corrected chi connectivity index (χ2v) is 10.7. The van der Waals surface area contributed by atoms with Gasteiger partial charge in [-0.1, -0.05) is 23.7 Å². The second-order valence-electron chi connectivity index (χ2n) is 7.55. The van der Waals surface area contributed by atoms with Crippen LogP contribution in [0.1, 0.15) is 11.1 Å². The molecule has 1 N–H and O–H groups in total. The molecule has 36 heavy (non-hydrogen) atoms. The summed E-state index contributed by atoms with van der Waals surface area (Å²) in [4.78, 5) is 38.6. The molecule has 0 aromatic heterocycles. The number of amides is 3. The lowest BCUT2D eigenvalue weighted by Crippen LogP contribution is -2.36. The minimum atomic E-state index is -0.574. The highest BCUT2D eigenvalue weighted by Crippen LogP contribution is 2.38. The first-order valence-electron chi connectivity index (χ1n) is 10.4. The summed E-state index contributed by atoms with van der Waals surface area (Å²) in [6.45, 7) is -0.128. The van der Waals surface area contributed by atoms with Gasteiger partial charge in [0, 0.05) is 10.7 Å². The molecule has 11 heteroatoms. The highest BCUT2D eigenvalue weighted by atomic mass is 79.9. The van der Waals surface area contributed by atoms with Crippen molar-refractivity contribution in [2.45, 2.75) is 6.61 Å². The highest BCUT2D eigenvalue weighted by Gasteiger charge is 2.36. The van der Waals surface area contributed by atoms with E-state index in [0.29, 0.717) is 37.6 Å². The number of ether oxygens (including phenoxy) is 1. The van der Waals surface area contributed by atoms with Crippen LogP contribution in [-0.4, -0.2) is 28.5 Å². The van der Waals surface area contributed by atoms with E-state index in [1.807, 2.05) is 12.1 Å². The van der Waals surface area contributed by atoms with Gasteiger partial charge in [0.2, 0.25) is 5.91 Å². The van der Waals surface area contributed by atoms with Gasteiger partial charge < -0.3 is 10.1 Å². The van der Waals surface area contributed by atoms with Gasteiger partial charge in [-0.05, 0) is 109 Å². The topological polar surface area (TPSA) is 75.7 Å². The number of benzene rings is 3. The molecule has 1 saturated heterocycles. The van der Waals surface area contributed by atoms with Crippen LogP contribution in [0.2, 0.25) is 5.02 Å². The maximum absolute atomic E-state index is 13.0. The fourth-order valence-electron chi connectivity index (χ4n) is 3.20. The van der Waals surface area contributed by atoms with Crippen molar-refractivity contribution in [3.63, 3.8) is 0 Å². The Morgan fingerprint density at radius 2 is 1.69 bits per heavy atom. The fraction of sp³-hybridized carbons (Fsp3) is 0.0800. The van der Waals surface area contributed by atoms with Gasteiger partial charge in [0.15, 0.2) is 0 Å². The molecule has 0 bridgehead atoms. The lowest BCUT2D eigenvalue weighted by Gasteiger charge is -2.13. The Bertz CT molecular complexity index is 1340. The lowest BCUT2D eigenvalue weighted by atomic mass is 10.2. The first-order chi connectivity index (χ1) is 17.2. The van der Waals surface area contributed by atoms with Crippen molar-refractivity contribution in [3.8, 4) is 5.75 Å². The molecular weight excluding hydrogens is 639 g/mol. The average Bonchev–Trinajstić information content (AvgIpc) is 3.08. The summed E-state index contributed by atoms with van der Waals surface area (Å²) in [6, 6.07) is 16.0. The van der Waals surface area contributed by atoms with Crippen LogP contribution in [0.4, 0.5) is 14.9 Å². The van der Waals surface area contributed by atoms with Crippen LogP contribution in [-0.2, 0) is 16.2 Å². The Balaban J connectivity index is 1.43. The largest absolute Gasteiger partial charge is 0.487 e. The number of carbonyl (C=O) groups is 3. The third-order valence-corrected chi connectivity index (χ3v) is 7.26. The standard InChI is InChI=1S/C25H16Br2ClFN2O4S/c26-19-9-15(10-20(27)23(19)35-13-14-1-3-16(28)4-2-14)11-21-24(33)31(25(34)36-21)12-22(32)30-18-7-5-17(29)6-8-18/h1-11H,12-13H2,(H,30,32)/b21-11-. The van der Waals surface area contributed by atoms with Crippen molar-refractivity contribution in [1.29, 1.82) is 0 Å². The Morgan fingerprint density at radius 1 is 1.06 bits per heavy atom.